The lowest BCUT2D eigenvalue weighted by atomic mass is 9.91. The van der Waals surface area contributed by atoms with Crippen LogP contribution in [-0.4, -0.2) is 105 Å². The molecule has 1 rings (SSSR count). The largest absolute Gasteiger partial charge is 0.478 e. The van der Waals surface area contributed by atoms with Crippen LogP contribution in [0.15, 0.2) is 24.3 Å². The Bertz CT molecular complexity index is 1530. The Kier molecular flexibility index (Phi) is 26.5. The van der Waals surface area contributed by atoms with Crippen molar-refractivity contribution in [2.45, 2.75) is 133 Å². The summed E-state index contributed by atoms with van der Waals surface area (Å²) in [5.74, 6) is -4.43. The van der Waals surface area contributed by atoms with E-state index >= 15 is 0 Å². The summed E-state index contributed by atoms with van der Waals surface area (Å²) in [6.07, 6.45) is 1.88. The second-order valence-corrected chi connectivity index (χ2v) is 15.1. The summed E-state index contributed by atoms with van der Waals surface area (Å²) >= 11 is 0. The normalized spacial score (nSPS) is 12.1. The second-order valence-electron chi connectivity index (χ2n) is 15.1. The van der Waals surface area contributed by atoms with Gasteiger partial charge in [0.15, 0.2) is 12.2 Å². The monoisotopic (exact) mass is 853 g/mol. The fraction of sp³-hybridized carbons (Fsp3) is 0.674. The molecule has 1 aromatic carbocycles. The molecule has 1 amide bonds. The van der Waals surface area contributed by atoms with E-state index in [-0.39, 0.29) is 75.0 Å². The van der Waals surface area contributed by atoms with Crippen LogP contribution in [0.3, 0.4) is 0 Å². The Morgan fingerprint density at radius 2 is 1.17 bits per heavy atom. The maximum Gasteiger partial charge on any atom is 0.407 e. The van der Waals surface area contributed by atoms with Crippen molar-refractivity contribution in [3.8, 4) is 0 Å². The van der Waals surface area contributed by atoms with Crippen molar-refractivity contribution in [3.05, 3.63) is 35.4 Å². The van der Waals surface area contributed by atoms with Gasteiger partial charge in [0, 0.05) is 6.42 Å². The fourth-order valence-corrected chi connectivity index (χ4v) is 4.40. The number of esters is 6. The summed E-state index contributed by atoms with van der Waals surface area (Å²) in [5.41, 5.74) is -1.30. The Hall–Kier alpha value is -5.22. The SMILES string of the molecule is CCC(C)(C)C(=O)OCCOC(=O)c1ccccc1C(=O)O.CCC(CC)COC(=O)C(C)OC(=O)C(C)OC(=O)CCCCCOC(=O)NCCOC(=O)C(C)(C)CC. The number of hydrogen-bond donors (Lipinski definition) is 2. The number of carbonyl (C=O) groups excluding carboxylic acids is 7. The molecule has 0 heterocycles. The van der Waals surface area contributed by atoms with Crippen molar-refractivity contribution in [1.29, 1.82) is 0 Å². The Morgan fingerprint density at radius 3 is 1.72 bits per heavy atom. The third kappa shape index (κ3) is 22.2. The lowest BCUT2D eigenvalue weighted by Crippen LogP contribution is -2.33. The number of hydrogen-bond acceptors (Lipinski definition) is 15. The maximum absolute atomic E-state index is 12.1. The highest BCUT2D eigenvalue weighted by Crippen LogP contribution is 2.22. The lowest BCUT2D eigenvalue weighted by molar-refractivity contribution is -0.177. The van der Waals surface area contributed by atoms with Gasteiger partial charge in [0.1, 0.15) is 19.8 Å². The van der Waals surface area contributed by atoms with E-state index < -0.39 is 59.0 Å². The molecule has 0 fully saturated rings. The predicted octanol–water partition coefficient (Wildman–Crippen LogP) is 6.62. The molecule has 1 aromatic rings. The van der Waals surface area contributed by atoms with Gasteiger partial charge in [0.25, 0.3) is 0 Å². The molecule has 2 atom stereocenters. The number of aromatic carboxylic acids is 1. The highest BCUT2D eigenvalue weighted by Gasteiger charge is 2.29. The molecule has 0 spiro atoms. The van der Waals surface area contributed by atoms with E-state index in [1.54, 1.807) is 33.8 Å². The molecule has 0 radical (unpaired) electrons. The van der Waals surface area contributed by atoms with Crippen LogP contribution < -0.4 is 5.32 Å². The highest BCUT2D eigenvalue weighted by atomic mass is 16.6. The molecule has 0 aliphatic heterocycles. The smallest absolute Gasteiger partial charge is 0.407 e. The molecule has 0 aromatic heterocycles. The molecule has 0 aliphatic rings. The molecule has 2 unspecified atom stereocenters. The van der Waals surface area contributed by atoms with Crippen LogP contribution in [0, 0.1) is 16.7 Å². The minimum absolute atomic E-state index is 0.0322. The van der Waals surface area contributed by atoms with Gasteiger partial charge in [0.2, 0.25) is 0 Å². The first kappa shape index (κ1) is 54.8. The number of nitrogens with one attached hydrogen (secondary N) is 1. The first-order valence-electron chi connectivity index (χ1n) is 20.5. The zero-order valence-electron chi connectivity index (χ0n) is 37.0. The summed E-state index contributed by atoms with van der Waals surface area (Å²) in [6.45, 7) is 18.2. The summed E-state index contributed by atoms with van der Waals surface area (Å²) in [7, 11) is 0. The van der Waals surface area contributed by atoms with E-state index in [9.17, 15) is 38.4 Å². The van der Waals surface area contributed by atoms with Gasteiger partial charge in [-0.2, -0.15) is 0 Å². The summed E-state index contributed by atoms with van der Waals surface area (Å²) in [4.78, 5) is 94.2. The summed E-state index contributed by atoms with van der Waals surface area (Å²) in [5, 5.41) is 11.5. The van der Waals surface area contributed by atoms with E-state index in [0.29, 0.717) is 32.1 Å². The van der Waals surface area contributed by atoms with Gasteiger partial charge in [-0.15, -0.1) is 0 Å². The number of ether oxygens (including phenoxy) is 7. The average Bonchev–Trinajstić information content (AvgIpc) is 3.22. The molecule has 0 aliphatic carbocycles. The minimum Gasteiger partial charge on any atom is -0.478 e. The van der Waals surface area contributed by atoms with Crippen LogP contribution in [0.2, 0.25) is 0 Å². The Balaban J connectivity index is 0.00000133. The highest BCUT2D eigenvalue weighted by molar-refractivity contribution is 6.02. The zero-order chi connectivity index (χ0) is 45.9. The number of carboxylic acid groups (broad SMARTS) is 1. The number of alkyl carbamates (subject to hydrolysis) is 1. The minimum atomic E-state index is -1.20. The average molecular weight is 854 g/mol. The standard InChI is InChI=1S/C27H47NO10.C16H20O6/c1-8-21(9-2)18-36-23(30)19(4)38-24(31)20(5)37-22(29)14-12-11-13-16-35-26(33)28-15-17-34-25(32)27(6,7)10-3;1-4-16(2,3)15(20)22-10-9-21-14(19)12-8-6-5-7-11(12)13(17)18/h19-21H,8-18H2,1-7H3,(H,28,33);5-8H,4,9-10H2,1-3H3,(H,17,18). The number of unbranched alkanes of at least 4 members (excludes halogenated alkanes) is 2. The van der Waals surface area contributed by atoms with Gasteiger partial charge in [-0.05, 0) is 91.7 Å². The van der Waals surface area contributed by atoms with Crippen molar-refractivity contribution in [3.63, 3.8) is 0 Å². The number of rotatable bonds is 26. The number of benzene rings is 1. The van der Waals surface area contributed by atoms with Crippen molar-refractivity contribution in [2.24, 2.45) is 16.7 Å². The zero-order valence-corrected chi connectivity index (χ0v) is 37.0. The van der Waals surface area contributed by atoms with E-state index in [4.69, 9.17) is 38.3 Å². The van der Waals surface area contributed by atoms with Crippen LogP contribution >= 0.6 is 0 Å². The molecule has 340 valence electrons. The number of amides is 1. The molecular weight excluding hydrogens is 786 g/mol. The molecule has 60 heavy (non-hydrogen) atoms. The number of carbonyl (C=O) groups is 8. The fourth-order valence-electron chi connectivity index (χ4n) is 4.40. The first-order chi connectivity index (χ1) is 28.2. The molecule has 2 N–H and O–H groups in total. The van der Waals surface area contributed by atoms with Crippen molar-refractivity contribution in [2.75, 3.05) is 39.6 Å². The van der Waals surface area contributed by atoms with E-state index in [1.165, 1.54) is 32.0 Å². The van der Waals surface area contributed by atoms with Gasteiger partial charge < -0.3 is 43.6 Å². The Labute approximate surface area is 353 Å². The maximum atomic E-state index is 12.1. The first-order valence-corrected chi connectivity index (χ1v) is 20.5. The number of carboxylic acids is 1. The van der Waals surface area contributed by atoms with Gasteiger partial charge in [0.05, 0.1) is 41.7 Å². The summed E-state index contributed by atoms with van der Waals surface area (Å²) < 4.78 is 35.4. The van der Waals surface area contributed by atoms with Crippen LogP contribution in [0.25, 0.3) is 0 Å². The summed E-state index contributed by atoms with van der Waals surface area (Å²) in [6, 6.07) is 5.77. The molecule has 0 bridgehead atoms. The van der Waals surface area contributed by atoms with Crippen LogP contribution in [0.4, 0.5) is 4.79 Å². The van der Waals surface area contributed by atoms with Crippen molar-refractivity contribution >= 4 is 47.9 Å². The van der Waals surface area contributed by atoms with Gasteiger partial charge >= 0.3 is 47.9 Å². The van der Waals surface area contributed by atoms with E-state index in [0.717, 1.165) is 12.8 Å². The van der Waals surface area contributed by atoms with Crippen molar-refractivity contribution < 1.29 is 76.6 Å². The predicted molar refractivity (Wildman–Crippen MR) is 218 cm³/mol. The van der Waals surface area contributed by atoms with Gasteiger partial charge in [-0.1, -0.05) is 52.7 Å². The topological polar surface area (TPSA) is 233 Å². The van der Waals surface area contributed by atoms with Gasteiger partial charge in [-0.3, -0.25) is 14.4 Å². The quantitative estimate of drug-likeness (QED) is 0.0566. The lowest BCUT2D eigenvalue weighted by Gasteiger charge is -2.20. The van der Waals surface area contributed by atoms with E-state index in [2.05, 4.69) is 5.32 Å². The molecule has 0 saturated heterocycles. The molecule has 0 saturated carbocycles. The van der Waals surface area contributed by atoms with E-state index in [1.807, 2.05) is 27.7 Å². The second kappa shape index (κ2) is 29.1. The molecular formula is C43H67NO16. The Morgan fingerprint density at radius 1 is 0.633 bits per heavy atom. The third-order valence-electron chi connectivity index (χ3n) is 9.54. The van der Waals surface area contributed by atoms with Crippen LogP contribution in [-0.2, 0) is 57.1 Å². The van der Waals surface area contributed by atoms with Crippen LogP contribution in [0.1, 0.15) is 141 Å². The molecule has 17 nitrogen and oxygen atoms in total. The van der Waals surface area contributed by atoms with Crippen molar-refractivity contribution in [1.82, 2.24) is 5.32 Å². The third-order valence-corrected chi connectivity index (χ3v) is 9.54. The van der Waals surface area contributed by atoms with Crippen LogP contribution in [0.5, 0.6) is 0 Å². The van der Waals surface area contributed by atoms with Gasteiger partial charge in [-0.25, -0.2) is 24.0 Å². The molecule has 17 heteroatoms.